The number of aliphatic carboxylic acids is 1. The zero-order chi connectivity index (χ0) is 23.3. The van der Waals surface area contributed by atoms with Crippen LogP contribution < -0.4 is 5.32 Å². The average molecular weight is 435 g/mol. The number of rotatable bonds is 9. The molecule has 5 nitrogen and oxygen atoms in total. The van der Waals surface area contributed by atoms with E-state index in [1.54, 1.807) is 0 Å². The van der Waals surface area contributed by atoms with Crippen LogP contribution in [0.25, 0.3) is 11.1 Å². The van der Waals surface area contributed by atoms with Crippen LogP contribution in [0.4, 0.5) is 5.69 Å². The Labute approximate surface area is 191 Å². The third-order valence-electron chi connectivity index (χ3n) is 5.05. The summed E-state index contributed by atoms with van der Waals surface area (Å²) in [5.74, 6) is -0.763. The SMILES string of the molecule is CC(C)n1cc(C(=O)Nc2ccccc2)c(-c2ccccc2)c1.CCCCCCC(=O)O. The fourth-order valence-electron chi connectivity index (χ4n) is 3.22. The highest BCUT2D eigenvalue weighted by Gasteiger charge is 2.17. The Hall–Kier alpha value is -3.34. The Morgan fingerprint density at radius 2 is 1.53 bits per heavy atom. The molecule has 0 fully saturated rings. The van der Waals surface area contributed by atoms with Crippen LogP contribution in [0.15, 0.2) is 73.1 Å². The van der Waals surface area contributed by atoms with Crippen molar-refractivity contribution in [3.63, 3.8) is 0 Å². The van der Waals surface area contributed by atoms with Gasteiger partial charge < -0.3 is 15.0 Å². The first-order valence-corrected chi connectivity index (χ1v) is 11.3. The second-order valence-corrected chi connectivity index (χ2v) is 8.02. The number of carboxylic acid groups (broad SMARTS) is 1. The maximum atomic E-state index is 12.7. The summed E-state index contributed by atoms with van der Waals surface area (Å²) >= 11 is 0. The molecule has 170 valence electrons. The molecule has 1 amide bonds. The Balaban J connectivity index is 0.000000344. The largest absolute Gasteiger partial charge is 0.481 e. The van der Waals surface area contributed by atoms with E-state index < -0.39 is 5.97 Å². The van der Waals surface area contributed by atoms with E-state index in [9.17, 15) is 9.59 Å². The van der Waals surface area contributed by atoms with Crippen molar-refractivity contribution in [2.24, 2.45) is 0 Å². The van der Waals surface area contributed by atoms with Crippen molar-refractivity contribution in [1.82, 2.24) is 4.57 Å². The number of amides is 1. The Bertz CT molecular complexity index is 963. The van der Waals surface area contributed by atoms with Crippen molar-refractivity contribution >= 4 is 17.6 Å². The van der Waals surface area contributed by atoms with Gasteiger partial charge in [-0.15, -0.1) is 0 Å². The highest BCUT2D eigenvalue weighted by Crippen LogP contribution is 2.27. The van der Waals surface area contributed by atoms with Crippen molar-refractivity contribution in [2.75, 3.05) is 5.32 Å². The van der Waals surface area contributed by atoms with Crippen molar-refractivity contribution in [2.45, 2.75) is 58.9 Å². The van der Waals surface area contributed by atoms with E-state index in [4.69, 9.17) is 5.11 Å². The molecular formula is C27H34N2O3. The highest BCUT2D eigenvalue weighted by molar-refractivity contribution is 6.08. The summed E-state index contributed by atoms with van der Waals surface area (Å²) in [6.45, 7) is 6.32. The first-order chi connectivity index (χ1) is 15.4. The lowest BCUT2D eigenvalue weighted by Gasteiger charge is -2.06. The van der Waals surface area contributed by atoms with Gasteiger partial charge in [0.15, 0.2) is 0 Å². The van der Waals surface area contributed by atoms with E-state index in [1.807, 2.05) is 73.1 Å². The molecule has 0 saturated carbocycles. The van der Waals surface area contributed by atoms with Gasteiger partial charge in [0.05, 0.1) is 5.56 Å². The summed E-state index contributed by atoms with van der Waals surface area (Å²) < 4.78 is 2.07. The number of para-hydroxylation sites is 1. The molecular weight excluding hydrogens is 400 g/mol. The van der Waals surface area contributed by atoms with Gasteiger partial charge >= 0.3 is 5.97 Å². The molecule has 0 radical (unpaired) electrons. The number of carbonyl (C=O) groups excluding carboxylic acids is 1. The molecule has 0 bridgehead atoms. The van der Waals surface area contributed by atoms with Crippen molar-refractivity contribution in [1.29, 1.82) is 0 Å². The fraction of sp³-hybridized carbons (Fsp3) is 0.333. The molecule has 1 aromatic heterocycles. The number of unbranched alkanes of at least 4 members (excludes halogenated alkanes) is 3. The van der Waals surface area contributed by atoms with Crippen molar-refractivity contribution < 1.29 is 14.7 Å². The quantitative estimate of drug-likeness (QED) is 0.355. The van der Waals surface area contributed by atoms with Crippen molar-refractivity contribution in [3.05, 3.63) is 78.6 Å². The molecule has 5 heteroatoms. The summed E-state index contributed by atoms with van der Waals surface area (Å²) in [6, 6.07) is 19.8. The number of anilines is 1. The van der Waals surface area contributed by atoms with Gasteiger partial charge in [0.25, 0.3) is 5.91 Å². The van der Waals surface area contributed by atoms with Crippen LogP contribution in [0.1, 0.15) is 69.3 Å². The third-order valence-corrected chi connectivity index (χ3v) is 5.05. The summed E-state index contributed by atoms with van der Waals surface area (Å²) in [4.78, 5) is 22.7. The van der Waals surface area contributed by atoms with Gasteiger partial charge in [-0.05, 0) is 38.0 Å². The van der Waals surface area contributed by atoms with E-state index in [2.05, 4.69) is 30.7 Å². The molecule has 2 aromatic carbocycles. The average Bonchev–Trinajstić information content (AvgIpc) is 3.25. The highest BCUT2D eigenvalue weighted by atomic mass is 16.4. The minimum Gasteiger partial charge on any atom is -0.481 e. The minimum atomic E-state index is -0.675. The van der Waals surface area contributed by atoms with Crippen LogP contribution >= 0.6 is 0 Å². The molecule has 0 atom stereocenters. The molecule has 2 N–H and O–H groups in total. The number of nitrogens with zero attached hydrogens (tertiary/aromatic N) is 1. The van der Waals surface area contributed by atoms with E-state index >= 15 is 0 Å². The standard InChI is InChI=1S/C20H20N2O.C7H14O2/c1-15(2)22-13-18(16-9-5-3-6-10-16)19(14-22)20(23)21-17-11-7-4-8-12-17;1-2-3-4-5-6-7(8)9/h3-15H,1-2H3,(H,21,23);2-6H2,1H3,(H,8,9). The maximum Gasteiger partial charge on any atom is 0.303 e. The Kier molecular flexibility index (Phi) is 10.2. The second-order valence-electron chi connectivity index (χ2n) is 8.02. The lowest BCUT2D eigenvalue weighted by Crippen LogP contribution is -2.12. The summed E-state index contributed by atoms with van der Waals surface area (Å²) in [6.07, 6.45) is 8.52. The number of hydrogen-bond acceptors (Lipinski definition) is 2. The van der Waals surface area contributed by atoms with E-state index in [1.165, 1.54) is 6.42 Å². The van der Waals surface area contributed by atoms with Crippen molar-refractivity contribution in [3.8, 4) is 11.1 Å². The lowest BCUT2D eigenvalue weighted by molar-refractivity contribution is -0.137. The van der Waals surface area contributed by atoms with Crippen LogP contribution in [0, 0.1) is 0 Å². The molecule has 0 aliphatic rings. The lowest BCUT2D eigenvalue weighted by atomic mass is 10.0. The molecule has 32 heavy (non-hydrogen) atoms. The second kappa shape index (κ2) is 13.2. The van der Waals surface area contributed by atoms with Gasteiger partial charge in [0.1, 0.15) is 0 Å². The molecule has 0 aliphatic heterocycles. The van der Waals surface area contributed by atoms with Gasteiger partial charge in [-0.3, -0.25) is 9.59 Å². The zero-order valence-electron chi connectivity index (χ0n) is 19.3. The normalized spacial score (nSPS) is 10.4. The van der Waals surface area contributed by atoms with Gasteiger partial charge in [0.2, 0.25) is 0 Å². The zero-order valence-corrected chi connectivity index (χ0v) is 19.3. The van der Waals surface area contributed by atoms with Gasteiger partial charge in [0, 0.05) is 36.1 Å². The smallest absolute Gasteiger partial charge is 0.303 e. The van der Waals surface area contributed by atoms with Crippen LogP contribution in [0.3, 0.4) is 0 Å². The Morgan fingerprint density at radius 3 is 2.09 bits per heavy atom. The molecule has 0 saturated heterocycles. The number of aromatic nitrogens is 1. The third kappa shape index (κ3) is 8.06. The van der Waals surface area contributed by atoms with Crippen LogP contribution in [-0.2, 0) is 4.79 Å². The molecule has 1 heterocycles. The predicted octanol–water partition coefficient (Wildman–Crippen LogP) is 7.03. The molecule has 0 aliphatic carbocycles. The topological polar surface area (TPSA) is 71.3 Å². The van der Waals surface area contributed by atoms with Gasteiger partial charge in [-0.25, -0.2) is 0 Å². The fourth-order valence-corrected chi connectivity index (χ4v) is 3.22. The van der Waals surface area contributed by atoms with Crippen LogP contribution in [0.2, 0.25) is 0 Å². The number of carbonyl (C=O) groups is 2. The molecule has 0 spiro atoms. The predicted molar refractivity (Wildman–Crippen MR) is 131 cm³/mol. The maximum absolute atomic E-state index is 12.7. The number of carboxylic acids is 1. The van der Waals surface area contributed by atoms with Crippen LogP contribution in [0.5, 0.6) is 0 Å². The summed E-state index contributed by atoms with van der Waals surface area (Å²) in [5, 5.41) is 11.2. The van der Waals surface area contributed by atoms with Gasteiger partial charge in [-0.2, -0.15) is 0 Å². The van der Waals surface area contributed by atoms with E-state index in [0.717, 1.165) is 36.1 Å². The number of hydrogen-bond donors (Lipinski definition) is 2. The number of nitrogens with one attached hydrogen (secondary N) is 1. The minimum absolute atomic E-state index is 0.0885. The molecule has 0 unspecified atom stereocenters. The monoisotopic (exact) mass is 434 g/mol. The summed E-state index contributed by atoms with van der Waals surface area (Å²) in [5.41, 5.74) is 3.49. The number of benzene rings is 2. The van der Waals surface area contributed by atoms with E-state index in [-0.39, 0.29) is 5.91 Å². The first kappa shape index (κ1) is 24.9. The molecule has 3 aromatic rings. The van der Waals surface area contributed by atoms with Gasteiger partial charge in [-0.1, -0.05) is 74.7 Å². The summed E-state index contributed by atoms with van der Waals surface area (Å²) in [7, 11) is 0. The Morgan fingerprint density at radius 1 is 0.906 bits per heavy atom. The van der Waals surface area contributed by atoms with E-state index in [0.29, 0.717) is 18.0 Å². The van der Waals surface area contributed by atoms with Crippen LogP contribution in [-0.4, -0.2) is 21.6 Å². The molecule has 3 rings (SSSR count). The first-order valence-electron chi connectivity index (χ1n) is 11.3.